The Kier molecular flexibility index (Phi) is 5.93. The van der Waals surface area contributed by atoms with Crippen LogP contribution in [0, 0.1) is 5.82 Å². The SMILES string of the molecule is O=C(c1ccc(C2SCCCS2)cc1)N1CCN(c2ccc(F)cc2)CC1. The van der Waals surface area contributed by atoms with Gasteiger partial charge in [-0.05, 0) is 59.9 Å². The van der Waals surface area contributed by atoms with Crippen molar-refractivity contribution in [1.82, 2.24) is 4.90 Å². The van der Waals surface area contributed by atoms with Crippen molar-refractivity contribution in [2.45, 2.75) is 11.0 Å². The van der Waals surface area contributed by atoms with Crippen LogP contribution in [0.15, 0.2) is 48.5 Å². The van der Waals surface area contributed by atoms with Crippen molar-refractivity contribution in [2.24, 2.45) is 0 Å². The topological polar surface area (TPSA) is 23.6 Å². The summed E-state index contributed by atoms with van der Waals surface area (Å²) in [5, 5.41) is 0. The second-order valence-corrected chi connectivity index (χ2v) is 9.53. The highest BCUT2D eigenvalue weighted by atomic mass is 32.2. The molecule has 0 bridgehead atoms. The number of thioether (sulfide) groups is 2. The number of rotatable bonds is 3. The molecule has 0 aliphatic carbocycles. The predicted molar refractivity (Wildman–Crippen MR) is 113 cm³/mol. The van der Waals surface area contributed by atoms with Gasteiger partial charge in [-0.2, -0.15) is 0 Å². The quantitative estimate of drug-likeness (QED) is 0.745. The van der Waals surface area contributed by atoms with E-state index in [4.69, 9.17) is 0 Å². The minimum Gasteiger partial charge on any atom is -0.368 e. The van der Waals surface area contributed by atoms with Gasteiger partial charge in [-0.1, -0.05) is 12.1 Å². The summed E-state index contributed by atoms with van der Waals surface area (Å²) in [5.74, 6) is 2.32. The van der Waals surface area contributed by atoms with E-state index in [9.17, 15) is 9.18 Å². The number of hydrogen-bond acceptors (Lipinski definition) is 4. The average Bonchev–Trinajstić information content (AvgIpc) is 2.75. The molecule has 142 valence electrons. The first-order valence-corrected chi connectivity index (χ1v) is 11.4. The Bertz CT molecular complexity index is 768. The number of hydrogen-bond donors (Lipinski definition) is 0. The lowest BCUT2D eigenvalue weighted by Gasteiger charge is -2.36. The molecule has 1 amide bonds. The molecule has 0 N–H and O–H groups in total. The Morgan fingerprint density at radius 2 is 1.52 bits per heavy atom. The third kappa shape index (κ3) is 4.43. The first-order chi connectivity index (χ1) is 13.2. The number of carbonyl (C=O) groups excluding carboxylic acids is 1. The molecule has 6 heteroatoms. The van der Waals surface area contributed by atoms with Gasteiger partial charge in [-0.3, -0.25) is 4.79 Å². The molecule has 2 fully saturated rings. The fraction of sp³-hybridized carbons (Fsp3) is 0.381. The highest BCUT2D eigenvalue weighted by molar-refractivity contribution is 8.16. The van der Waals surface area contributed by atoms with Gasteiger partial charge < -0.3 is 9.80 Å². The molecule has 2 heterocycles. The van der Waals surface area contributed by atoms with E-state index in [1.165, 1.54) is 35.6 Å². The molecule has 4 rings (SSSR count). The van der Waals surface area contributed by atoms with Crippen LogP contribution in [0.2, 0.25) is 0 Å². The molecule has 0 radical (unpaired) electrons. The first-order valence-electron chi connectivity index (χ1n) is 9.34. The average molecular weight is 403 g/mol. The van der Waals surface area contributed by atoms with Crippen molar-refractivity contribution in [2.75, 3.05) is 42.6 Å². The van der Waals surface area contributed by atoms with Crippen molar-refractivity contribution in [3.63, 3.8) is 0 Å². The molecule has 27 heavy (non-hydrogen) atoms. The van der Waals surface area contributed by atoms with Crippen molar-refractivity contribution in [3.8, 4) is 0 Å². The van der Waals surface area contributed by atoms with Crippen molar-refractivity contribution in [3.05, 3.63) is 65.5 Å². The summed E-state index contributed by atoms with van der Waals surface area (Å²) < 4.78 is 13.6. The zero-order chi connectivity index (χ0) is 18.6. The smallest absolute Gasteiger partial charge is 0.253 e. The monoisotopic (exact) mass is 402 g/mol. The van der Waals surface area contributed by atoms with Gasteiger partial charge in [0.25, 0.3) is 5.91 Å². The van der Waals surface area contributed by atoms with E-state index in [1.807, 2.05) is 40.6 Å². The zero-order valence-corrected chi connectivity index (χ0v) is 16.8. The van der Waals surface area contributed by atoms with Crippen LogP contribution in [0.4, 0.5) is 10.1 Å². The van der Waals surface area contributed by atoms with Gasteiger partial charge in [-0.15, -0.1) is 23.5 Å². The van der Waals surface area contributed by atoms with Gasteiger partial charge in [0.05, 0.1) is 4.58 Å². The number of benzene rings is 2. The van der Waals surface area contributed by atoms with Crippen LogP contribution in [-0.4, -0.2) is 48.5 Å². The molecular formula is C21H23FN2OS2. The molecule has 0 saturated carbocycles. The summed E-state index contributed by atoms with van der Waals surface area (Å²) in [6.07, 6.45) is 1.28. The van der Waals surface area contributed by atoms with Crippen LogP contribution in [0.1, 0.15) is 26.9 Å². The van der Waals surface area contributed by atoms with Crippen molar-refractivity contribution < 1.29 is 9.18 Å². The minimum atomic E-state index is -0.221. The highest BCUT2D eigenvalue weighted by Gasteiger charge is 2.23. The first kappa shape index (κ1) is 18.7. The van der Waals surface area contributed by atoms with Crippen molar-refractivity contribution in [1.29, 1.82) is 0 Å². The number of amides is 1. The molecule has 2 aliphatic rings. The largest absolute Gasteiger partial charge is 0.368 e. The standard InChI is InChI=1S/C21H23FN2OS2/c22-18-6-8-19(9-7-18)23-10-12-24(13-11-23)20(25)16-2-4-17(5-3-16)21-26-14-1-15-27-21/h2-9,21H,1,10-15H2. The fourth-order valence-electron chi connectivity index (χ4n) is 3.47. The van der Waals surface area contributed by atoms with E-state index in [-0.39, 0.29) is 11.7 Å². The molecule has 2 aliphatic heterocycles. The van der Waals surface area contributed by atoms with Crippen LogP contribution < -0.4 is 4.90 Å². The van der Waals surface area contributed by atoms with E-state index in [0.717, 1.165) is 24.3 Å². The molecule has 0 unspecified atom stereocenters. The zero-order valence-electron chi connectivity index (χ0n) is 15.1. The number of carbonyl (C=O) groups is 1. The molecule has 3 nitrogen and oxygen atoms in total. The van der Waals surface area contributed by atoms with Gasteiger partial charge >= 0.3 is 0 Å². The van der Waals surface area contributed by atoms with Crippen LogP contribution >= 0.6 is 23.5 Å². The third-order valence-electron chi connectivity index (χ3n) is 5.02. The molecule has 2 aromatic rings. The normalized spacial score (nSPS) is 18.6. The number of piperazine rings is 1. The molecule has 2 aromatic carbocycles. The summed E-state index contributed by atoms with van der Waals surface area (Å²) in [7, 11) is 0. The lowest BCUT2D eigenvalue weighted by molar-refractivity contribution is 0.0747. The lowest BCUT2D eigenvalue weighted by Crippen LogP contribution is -2.48. The second-order valence-electron chi connectivity index (χ2n) is 6.80. The maximum atomic E-state index is 13.1. The van der Waals surface area contributed by atoms with Gasteiger partial charge in [0, 0.05) is 37.4 Å². The Hall–Kier alpha value is -1.66. The van der Waals surface area contributed by atoms with Crippen LogP contribution in [0.25, 0.3) is 0 Å². The Labute approximate surface area is 168 Å². The van der Waals surface area contributed by atoms with Gasteiger partial charge in [0.1, 0.15) is 5.82 Å². The van der Waals surface area contributed by atoms with Crippen LogP contribution in [-0.2, 0) is 0 Å². The Morgan fingerprint density at radius 3 is 2.15 bits per heavy atom. The van der Waals surface area contributed by atoms with E-state index in [2.05, 4.69) is 17.0 Å². The molecule has 0 aromatic heterocycles. The van der Waals surface area contributed by atoms with E-state index < -0.39 is 0 Å². The summed E-state index contributed by atoms with van der Waals surface area (Å²) in [6, 6.07) is 14.7. The molecular weight excluding hydrogens is 379 g/mol. The van der Waals surface area contributed by atoms with E-state index in [1.54, 1.807) is 12.1 Å². The molecule has 2 saturated heterocycles. The highest BCUT2D eigenvalue weighted by Crippen LogP contribution is 2.43. The predicted octanol–water partition coefficient (Wildman–Crippen LogP) is 4.66. The minimum absolute atomic E-state index is 0.101. The summed E-state index contributed by atoms with van der Waals surface area (Å²) in [4.78, 5) is 16.9. The van der Waals surface area contributed by atoms with Gasteiger partial charge in [-0.25, -0.2) is 4.39 Å². The maximum Gasteiger partial charge on any atom is 0.253 e. The Morgan fingerprint density at radius 1 is 0.889 bits per heavy atom. The van der Waals surface area contributed by atoms with E-state index >= 15 is 0 Å². The van der Waals surface area contributed by atoms with Crippen LogP contribution in [0.5, 0.6) is 0 Å². The third-order valence-corrected chi connectivity index (χ3v) is 8.03. The van der Waals surface area contributed by atoms with Gasteiger partial charge in [0.15, 0.2) is 0 Å². The number of nitrogens with zero attached hydrogens (tertiary/aromatic N) is 2. The summed E-state index contributed by atoms with van der Waals surface area (Å²) >= 11 is 3.99. The number of anilines is 1. The van der Waals surface area contributed by atoms with E-state index in [0.29, 0.717) is 17.7 Å². The molecule has 0 spiro atoms. The summed E-state index contributed by atoms with van der Waals surface area (Å²) in [6.45, 7) is 2.91. The molecule has 0 atom stereocenters. The maximum absolute atomic E-state index is 13.1. The van der Waals surface area contributed by atoms with Gasteiger partial charge in [0.2, 0.25) is 0 Å². The van der Waals surface area contributed by atoms with Crippen molar-refractivity contribution >= 4 is 35.1 Å². The van der Waals surface area contributed by atoms with Crippen LogP contribution in [0.3, 0.4) is 0 Å². The Balaban J connectivity index is 1.35. The number of halogens is 1. The second kappa shape index (κ2) is 8.57. The summed E-state index contributed by atoms with van der Waals surface area (Å²) in [5.41, 5.74) is 3.08. The fourth-order valence-corrected chi connectivity index (χ4v) is 6.36. The lowest BCUT2D eigenvalue weighted by atomic mass is 10.1.